The van der Waals surface area contributed by atoms with Crippen molar-refractivity contribution in [3.05, 3.63) is 68.3 Å². The number of aromatic nitrogens is 1. The van der Waals surface area contributed by atoms with E-state index in [2.05, 4.69) is 9.98 Å². The molecule has 2 aromatic rings. The first-order chi connectivity index (χ1) is 13.4. The first-order valence-electron chi connectivity index (χ1n) is 8.31. The number of halogens is 3. The number of H-pyrrole nitrogens is 1. The van der Waals surface area contributed by atoms with E-state index in [-0.39, 0.29) is 27.8 Å². The third-order valence-corrected chi connectivity index (χ3v) is 6.80. The first kappa shape index (κ1) is 21.0. The van der Waals surface area contributed by atoms with E-state index < -0.39 is 38.4 Å². The molecule has 1 atom stereocenters. The molecule has 0 radical (unpaired) electrons. The average Bonchev–Trinajstić information content (AvgIpc) is 2.63. The highest BCUT2D eigenvalue weighted by molar-refractivity contribution is 7.89. The monoisotopic (exact) mass is 442 g/mol. The van der Waals surface area contributed by atoms with Crippen molar-refractivity contribution in [1.29, 1.82) is 0 Å². The molecule has 1 aromatic carbocycles. The molecular weight excluding hydrogens is 426 g/mol. The van der Waals surface area contributed by atoms with Crippen molar-refractivity contribution in [3.8, 4) is 0 Å². The van der Waals surface area contributed by atoms with Gasteiger partial charge in [-0.25, -0.2) is 26.5 Å². The second-order valence-corrected chi connectivity index (χ2v) is 9.17. The molecule has 3 rings (SSSR count). The molecule has 2 heterocycles. The van der Waals surface area contributed by atoms with Gasteiger partial charge in [-0.15, -0.1) is 0 Å². The number of nitrogens with zero attached hydrogens (tertiary/aromatic N) is 2. The number of aliphatic imine (C=N–C) groups is 1. The minimum atomic E-state index is -3.80. The molecule has 0 aliphatic carbocycles. The summed E-state index contributed by atoms with van der Waals surface area (Å²) in [6, 6.07) is 4.68. The van der Waals surface area contributed by atoms with E-state index in [0.717, 1.165) is 28.7 Å². The molecule has 1 aromatic heterocycles. The zero-order chi connectivity index (χ0) is 21.6. The summed E-state index contributed by atoms with van der Waals surface area (Å²) in [4.78, 5) is 18.3. The van der Waals surface area contributed by atoms with Crippen LogP contribution in [-0.4, -0.2) is 36.5 Å². The third kappa shape index (κ3) is 4.03. The van der Waals surface area contributed by atoms with E-state index in [1.54, 1.807) is 0 Å². The van der Waals surface area contributed by atoms with E-state index >= 15 is 0 Å². The predicted octanol–water partition coefficient (Wildman–Crippen LogP) is 2.44. The molecule has 1 aliphatic heterocycles. The lowest BCUT2D eigenvalue weighted by Crippen LogP contribution is -2.50. The summed E-state index contributed by atoms with van der Waals surface area (Å²) in [5, 5.41) is -0.0857. The Balaban J connectivity index is 2.07. The zero-order valence-corrected chi connectivity index (χ0v) is 17.0. The minimum absolute atomic E-state index is 0.0525. The number of sulfonamides is 1. The van der Waals surface area contributed by atoms with Crippen LogP contribution in [0, 0.1) is 5.82 Å². The number of pyridine rings is 1. The predicted molar refractivity (Wildman–Crippen MR) is 108 cm³/mol. The standard InChI is InChI=1S/C18H17ClF2N4O3S/c1-18(9-29(27,28)25(2)17(22)24-18)11-5-10(3-4-13(11)20)6-14(21)15-7-16(26)12(19)8-23-15/h3-8H,9H2,1-2H3,(H2,22,24)(H,23,26)/b14-6-/t18-/m0/s1. The SMILES string of the molecule is CN1C(N)=N[C@](C)(c2cc(/C=C(\F)c3cc(=O)c(Cl)c[nH]3)ccc2F)CS1(=O)=O. The van der Waals surface area contributed by atoms with Gasteiger partial charge in [0, 0.05) is 24.9 Å². The Labute approximate surface area is 170 Å². The van der Waals surface area contributed by atoms with E-state index in [1.807, 2.05) is 0 Å². The average molecular weight is 443 g/mol. The van der Waals surface area contributed by atoms with Gasteiger partial charge in [-0.1, -0.05) is 17.7 Å². The molecule has 1 aliphatic rings. The van der Waals surface area contributed by atoms with Gasteiger partial charge in [0.2, 0.25) is 21.4 Å². The molecule has 0 fully saturated rings. The third-order valence-electron chi connectivity index (χ3n) is 4.55. The van der Waals surface area contributed by atoms with Gasteiger partial charge in [0.1, 0.15) is 22.2 Å². The molecule has 11 heteroatoms. The van der Waals surface area contributed by atoms with Crippen LogP contribution in [-0.2, 0) is 15.6 Å². The van der Waals surface area contributed by atoms with Gasteiger partial charge in [0.25, 0.3) is 0 Å². The summed E-state index contributed by atoms with van der Waals surface area (Å²) < 4.78 is 54.6. The van der Waals surface area contributed by atoms with Gasteiger partial charge in [-0.3, -0.25) is 4.79 Å². The van der Waals surface area contributed by atoms with Crippen molar-refractivity contribution < 1.29 is 17.2 Å². The van der Waals surface area contributed by atoms with Crippen LogP contribution in [0.3, 0.4) is 0 Å². The first-order valence-corrected chi connectivity index (χ1v) is 10.3. The number of rotatable bonds is 3. The molecule has 3 N–H and O–H groups in total. The van der Waals surface area contributed by atoms with Crippen LogP contribution in [0.4, 0.5) is 8.78 Å². The van der Waals surface area contributed by atoms with Gasteiger partial charge in [0.15, 0.2) is 0 Å². The second-order valence-electron chi connectivity index (χ2n) is 6.76. The van der Waals surface area contributed by atoms with Crippen LogP contribution in [0.2, 0.25) is 5.02 Å². The van der Waals surface area contributed by atoms with Crippen LogP contribution in [0.25, 0.3) is 11.9 Å². The van der Waals surface area contributed by atoms with Crippen molar-refractivity contribution in [2.75, 3.05) is 12.8 Å². The Morgan fingerprint density at radius 1 is 1.41 bits per heavy atom. The lowest BCUT2D eigenvalue weighted by Gasteiger charge is -2.34. The topological polar surface area (TPSA) is 109 Å². The number of aromatic amines is 1. The molecule has 154 valence electrons. The van der Waals surface area contributed by atoms with Crippen molar-refractivity contribution in [2.24, 2.45) is 10.7 Å². The highest BCUT2D eigenvalue weighted by atomic mass is 35.5. The fraction of sp³-hybridized carbons (Fsp3) is 0.222. The molecule has 0 saturated carbocycles. The van der Waals surface area contributed by atoms with Crippen molar-refractivity contribution in [2.45, 2.75) is 12.5 Å². The maximum Gasteiger partial charge on any atom is 0.239 e. The lowest BCUT2D eigenvalue weighted by molar-refractivity contribution is 0.458. The Kier molecular flexibility index (Phi) is 5.26. The van der Waals surface area contributed by atoms with Crippen LogP contribution < -0.4 is 11.2 Å². The fourth-order valence-corrected chi connectivity index (χ4v) is 4.51. The molecular formula is C18H17ClF2N4O3S. The van der Waals surface area contributed by atoms with Gasteiger partial charge in [-0.2, -0.15) is 0 Å². The maximum atomic E-state index is 14.5. The molecule has 29 heavy (non-hydrogen) atoms. The second kappa shape index (κ2) is 7.27. The van der Waals surface area contributed by atoms with Gasteiger partial charge < -0.3 is 10.7 Å². The maximum absolute atomic E-state index is 14.5. The molecule has 7 nitrogen and oxygen atoms in total. The van der Waals surface area contributed by atoms with Crippen molar-refractivity contribution >= 4 is 39.5 Å². The normalized spacial score (nSPS) is 21.8. The van der Waals surface area contributed by atoms with Crippen LogP contribution in [0.5, 0.6) is 0 Å². The molecule has 0 bridgehead atoms. The van der Waals surface area contributed by atoms with E-state index in [9.17, 15) is 22.0 Å². The van der Waals surface area contributed by atoms with Crippen LogP contribution in [0.1, 0.15) is 23.7 Å². The number of nitrogens with one attached hydrogen (secondary N) is 1. The van der Waals surface area contributed by atoms with Crippen LogP contribution in [0.15, 0.2) is 40.2 Å². The van der Waals surface area contributed by atoms with E-state index in [4.69, 9.17) is 17.3 Å². The molecule has 0 saturated heterocycles. The zero-order valence-electron chi connectivity index (χ0n) is 15.4. The number of hydrogen-bond acceptors (Lipinski definition) is 5. The summed E-state index contributed by atoms with van der Waals surface area (Å²) in [5.41, 5.74) is 3.72. The lowest BCUT2D eigenvalue weighted by atomic mass is 9.92. The van der Waals surface area contributed by atoms with Crippen LogP contribution >= 0.6 is 11.6 Å². The summed E-state index contributed by atoms with van der Waals surface area (Å²) in [7, 11) is -2.55. The van der Waals surface area contributed by atoms with Crippen molar-refractivity contribution in [1.82, 2.24) is 9.29 Å². The highest BCUT2D eigenvalue weighted by Gasteiger charge is 2.41. The summed E-state index contributed by atoms with van der Waals surface area (Å²) in [6.07, 6.45) is 2.23. The molecule has 0 unspecified atom stereocenters. The summed E-state index contributed by atoms with van der Waals surface area (Å²) in [6.45, 7) is 1.43. The molecule has 0 amide bonds. The van der Waals surface area contributed by atoms with E-state index in [1.165, 1.54) is 26.1 Å². The number of benzene rings is 1. The highest BCUT2D eigenvalue weighted by Crippen LogP contribution is 2.34. The Bertz CT molecular complexity index is 1210. The number of nitrogens with two attached hydrogens (primary N) is 1. The molecule has 0 spiro atoms. The largest absolute Gasteiger partial charge is 0.369 e. The minimum Gasteiger partial charge on any atom is -0.369 e. The summed E-state index contributed by atoms with van der Waals surface area (Å²) >= 11 is 5.63. The Hall–Kier alpha value is -2.72. The number of hydrogen-bond donors (Lipinski definition) is 2. The quantitative estimate of drug-likeness (QED) is 0.760. The fourth-order valence-electron chi connectivity index (χ4n) is 2.95. The van der Waals surface area contributed by atoms with Gasteiger partial charge in [0.05, 0.1) is 11.4 Å². The Morgan fingerprint density at radius 2 is 2.10 bits per heavy atom. The van der Waals surface area contributed by atoms with E-state index in [0.29, 0.717) is 0 Å². The number of guanidine groups is 1. The van der Waals surface area contributed by atoms with Crippen molar-refractivity contribution in [3.63, 3.8) is 0 Å². The Morgan fingerprint density at radius 3 is 2.72 bits per heavy atom. The summed E-state index contributed by atoms with van der Waals surface area (Å²) in [5.74, 6) is -2.28. The van der Waals surface area contributed by atoms with Gasteiger partial charge >= 0.3 is 0 Å². The smallest absolute Gasteiger partial charge is 0.239 e. The van der Waals surface area contributed by atoms with Gasteiger partial charge in [-0.05, 0) is 30.7 Å².